The summed E-state index contributed by atoms with van der Waals surface area (Å²) in [5.74, 6) is -3.22. The highest BCUT2D eigenvalue weighted by Gasteiger charge is 2.87. The van der Waals surface area contributed by atoms with Crippen LogP contribution in [0.3, 0.4) is 0 Å². The lowest BCUT2D eigenvalue weighted by Crippen LogP contribution is -2.67. The highest BCUT2D eigenvalue weighted by Crippen LogP contribution is 2.71. The first kappa shape index (κ1) is 26.6. The van der Waals surface area contributed by atoms with E-state index in [-0.39, 0.29) is 11.7 Å². The summed E-state index contributed by atoms with van der Waals surface area (Å²) in [5.41, 5.74) is -4.15. The zero-order chi connectivity index (χ0) is 28.1. The number of Topliss-reactive ketones (excluding diaryl/α,β-unsaturated/α-hetero) is 1. The minimum absolute atomic E-state index is 0.304. The van der Waals surface area contributed by atoms with Crippen LogP contribution in [0.5, 0.6) is 0 Å². The molecule has 1 saturated carbocycles. The van der Waals surface area contributed by atoms with E-state index in [1.54, 1.807) is 19.1 Å². The number of rotatable bonds is 3. The summed E-state index contributed by atoms with van der Waals surface area (Å²) in [6.07, 6.45) is 0.231. The third-order valence-corrected chi connectivity index (χ3v) is 10.3. The lowest BCUT2D eigenvalue weighted by Gasteiger charge is -2.51. The molecule has 1 unspecified atom stereocenters. The van der Waals surface area contributed by atoms with E-state index in [2.05, 4.69) is 5.32 Å². The fourth-order valence-corrected chi connectivity index (χ4v) is 8.19. The molecule has 0 aromatic heterocycles. The maximum absolute atomic E-state index is 14.4. The van der Waals surface area contributed by atoms with Crippen LogP contribution in [-0.4, -0.2) is 75.1 Å². The average molecular weight is 540 g/mol. The minimum Gasteiger partial charge on any atom is -0.458 e. The van der Waals surface area contributed by atoms with Crippen molar-refractivity contribution in [1.82, 2.24) is 5.32 Å². The van der Waals surface area contributed by atoms with Crippen molar-refractivity contribution in [1.29, 1.82) is 0 Å². The monoisotopic (exact) mass is 539 g/mol. The normalized spacial score (nSPS) is 50.7. The molecule has 1 aromatic rings. The van der Waals surface area contributed by atoms with Crippen molar-refractivity contribution in [3.05, 3.63) is 48.0 Å². The lowest BCUT2D eigenvalue weighted by atomic mass is 9.49. The molecule has 3 aliphatic heterocycles. The number of aliphatic hydroxyl groups is 2. The Morgan fingerprint density at radius 2 is 1.85 bits per heavy atom. The van der Waals surface area contributed by atoms with Crippen LogP contribution in [0, 0.1) is 23.2 Å². The van der Waals surface area contributed by atoms with Gasteiger partial charge in [-0.25, -0.2) is 0 Å². The van der Waals surface area contributed by atoms with Gasteiger partial charge in [-0.15, -0.1) is 0 Å². The number of carbonyl (C=O) groups excluding carboxylic acids is 3. The summed E-state index contributed by atoms with van der Waals surface area (Å²) >= 11 is 0. The van der Waals surface area contributed by atoms with Gasteiger partial charge in [-0.2, -0.15) is 0 Å². The number of benzene rings is 1. The number of hydrogen-bond donors (Lipinski definition) is 3. The number of carbonyl (C=O) groups is 3. The second-order valence-electron chi connectivity index (χ2n) is 12.6. The standard InChI is InChI=1S/C30H37NO8/c1-15-10-9-13-18-23(34)29(5)28(4,39-29)21-19(14-17-11-7-6-8-12-17)31-26(35)30(18,21)25(37-16(2)32)20-24(38-20)27(3,36)22(15)33/h6-9,11-13,15,18-21,23-25,34,36H,10,14H2,1-5H3,(H,31,35)/b13-9-/t15-,18?,19-,20+,21+,23-,24+,25+,27-,28+,29-,30-/m0/s1. The van der Waals surface area contributed by atoms with Gasteiger partial charge in [0.05, 0.1) is 6.10 Å². The number of epoxide rings is 2. The predicted molar refractivity (Wildman–Crippen MR) is 138 cm³/mol. The van der Waals surface area contributed by atoms with Crippen molar-refractivity contribution in [3.8, 4) is 0 Å². The Morgan fingerprint density at radius 3 is 2.51 bits per heavy atom. The molecular weight excluding hydrogens is 502 g/mol. The number of ketones is 1. The number of aliphatic hydroxyl groups excluding tert-OH is 1. The van der Waals surface area contributed by atoms with E-state index in [0.717, 1.165) is 5.56 Å². The van der Waals surface area contributed by atoms with E-state index in [1.807, 2.05) is 44.2 Å². The highest BCUT2D eigenvalue weighted by atomic mass is 16.7. The molecule has 1 aromatic carbocycles. The van der Waals surface area contributed by atoms with E-state index in [0.29, 0.717) is 12.8 Å². The van der Waals surface area contributed by atoms with Crippen LogP contribution in [0.4, 0.5) is 0 Å². The Balaban J connectivity index is 1.56. The molecule has 3 heterocycles. The summed E-state index contributed by atoms with van der Waals surface area (Å²) in [6.45, 7) is 8.18. The molecule has 2 aliphatic carbocycles. The third-order valence-electron chi connectivity index (χ3n) is 10.3. The third kappa shape index (κ3) is 3.49. The maximum Gasteiger partial charge on any atom is 0.303 e. The summed E-state index contributed by atoms with van der Waals surface area (Å²) in [4.78, 5) is 40.2. The van der Waals surface area contributed by atoms with Gasteiger partial charge in [-0.1, -0.05) is 49.4 Å². The van der Waals surface area contributed by atoms with Crippen molar-refractivity contribution in [3.63, 3.8) is 0 Å². The Bertz CT molecular complexity index is 1250. The van der Waals surface area contributed by atoms with E-state index >= 15 is 0 Å². The molecule has 3 saturated heterocycles. The Kier molecular flexibility index (Phi) is 5.77. The van der Waals surface area contributed by atoms with Crippen LogP contribution in [-0.2, 0) is 35.0 Å². The molecule has 9 heteroatoms. The highest BCUT2D eigenvalue weighted by molar-refractivity contribution is 5.91. The number of ether oxygens (including phenoxy) is 3. The van der Waals surface area contributed by atoms with Crippen molar-refractivity contribution >= 4 is 17.7 Å². The minimum atomic E-state index is -1.84. The Morgan fingerprint density at radius 1 is 1.15 bits per heavy atom. The Hall–Kier alpha value is -2.59. The molecule has 3 N–H and O–H groups in total. The maximum atomic E-state index is 14.4. The largest absolute Gasteiger partial charge is 0.458 e. The van der Waals surface area contributed by atoms with Crippen LogP contribution in [0.25, 0.3) is 0 Å². The molecule has 39 heavy (non-hydrogen) atoms. The SMILES string of the molecule is CC(=O)O[C@@H]1[C@@H]2O[C@H]2[C@@](C)(O)C(=O)[C@@H](C)C/C=C\C2[C@H](O)[C@]3(C)O[C@]3(C)[C@H]3[C@H](Cc4ccccc4)NC(=O)[C@]213. The molecule has 9 nitrogen and oxygen atoms in total. The van der Waals surface area contributed by atoms with Crippen LogP contribution in [0.15, 0.2) is 42.5 Å². The molecule has 12 atom stereocenters. The van der Waals surface area contributed by atoms with Gasteiger partial charge in [0.15, 0.2) is 5.78 Å². The number of nitrogens with one attached hydrogen (secondary N) is 1. The Labute approximate surface area is 227 Å². The number of esters is 1. The zero-order valence-electron chi connectivity index (χ0n) is 22.9. The molecule has 0 radical (unpaired) electrons. The summed E-state index contributed by atoms with van der Waals surface area (Å²) < 4.78 is 18.3. The fraction of sp³-hybridized carbons (Fsp3) is 0.633. The molecule has 5 aliphatic rings. The predicted octanol–water partition coefficient (Wildman–Crippen LogP) is 1.48. The number of fused-ring (bicyclic) bond motifs is 3. The van der Waals surface area contributed by atoms with Gasteiger partial charge in [0.25, 0.3) is 0 Å². The molecule has 0 bridgehead atoms. The van der Waals surface area contributed by atoms with E-state index in [9.17, 15) is 24.6 Å². The first-order valence-corrected chi connectivity index (χ1v) is 13.8. The molecule has 6 rings (SSSR count). The average Bonchev–Trinajstić information content (AvgIpc) is 3.75. The molecule has 210 valence electrons. The van der Waals surface area contributed by atoms with Crippen molar-refractivity contribution in [2.24, 2.45) is 23.2 Å². The van der Waals surface area contributed by atoms with Gasteiger partial charge < -0.3 is 29.7 Å². The van der Waals surface area contributed by atoms with Gasteiger partial charge in [-0.05, 0) is 39.2 Å². The molecular formula is C30H37NO8. The van der Waals surface area contributed by atoms with Gasteiger partial charge in [0, 0.05) is 30.7 Å². The summed E-state index contributed by atoms with van der Waals surface area (Å²) in [6, 6.07) is 9.40. The topological polar surface area (TPSA) is 138 Å². The van der Waals surface area contributed by atoms with E-state index in [1.165, 1.54) is 13.8 Å². The van der Waals surface area contributed by atoms with Crippen LogP contribution in [0.1, 0.15) is 46.6 Å². The summed E-state index contributed by atoms with van der Waals surface area (Å²) in [5, 5.41) is 26.4. The van der Waals surface area contributed by atoms with E-state index < -0.39 is 76.4 Å². The summed E-state index contributed by atoms with van der Waals surface area (Å²) in [7, 11) is 0. The van der Waals surface area contributed by atoms with Crippen molar-refractivity contribution < 1.29 is 38.8 Å². The fourth-order valence-electron chi connectivity index (χ4n) is 8.19. The van der Waals surface area contributed by atoms with E-state index in [4.69, 9.17) is 14.2 Å². The zero-order valence-corrected chi connectivity index (χ0v) is 22.9. The van der Waals surface area contributed by atoms with Crippen molar-refractivity contribution in [2.75, 3.05) is 0 Å². The van der Waals surface area contributed by atoms with Gasteiger partial charge in [0.1, 0.15) is 40.5 Å². The van der Waals surface area contributed by atoms with Crippen LogP contribution < -0.4 is 5.32 Å². The van der Waals surface area contributed by atoms with Gasteiger partial charge in [-0.3, -0.25) is 14.4 Å². The first-order valence-electron chi connectivity index (χ1n) is 13.8. The second kappa shape index (κ2) is 8.46. The molecule has 4 fully saturated rings. The number of allylic oxidation sites excluding steroid dienone is 1. The number of hydrogen-bond acceptors (Lipinski definition) is 8. The van der Waals surface area contributed by atoms with Crippen LogP contribution in [0.2, 0.25) is 0 Å². The molecule has 1 spiro atoms. The first-order chi connectivity index (χ1) is 18.3. The smallest absolute Gasteiger partial charge is 0.303 e. The second-order valence-corrected chi connectivity index (χ2v) is 12.6. The van der Waals surface area contributed by atoms with Gasteiger partial charge >= 0.3 is 5.97 Å². The number of amides is 1. The van der Waals surface area contributed by atoms with Gasteiger partial charge in [0.2, 0.25) is 5.91 Å². The molecule has 1 amide bonds. The quantitative estimate of drug-likeness (QED) is 0.298. The lowest BCUT2D eigenvalue weighted by molar-refractivity contribution is -0.178. The van der Waals surface area contributed by atoms with Crippen molar-refractivity contribution in [2.45, 2.75) is 94.7 Å². The van der Waals surface area contributed by atoms with Crippen LogP contribution >= 0.6 is 0 Å².